The number of aromatic amines is 1. The van der Waals surface area contributed by atoms with Crippen LogP contribution in [-0.4, -0.2) is 37.6 Å². The maximum Gasteiger partial charge on any atom is 0.228 e. The van der Waals surface area contributed by atoms with Crippen LogP contribution in [0, 0.1) is 19.1 Å². The molecule has 0 aromatic carbocycles. The van der Waals surface area contributed by atoms with E-state index < -0.39 is 15.6 Å². The Hall–Kier alpha value is -2.88. The number of pyridine rings is 2. The van der Waals surface area contributed by atoms with Crippen molar-refractivity contribution in [2.75, 3.05) is 14.2 Å². The zero-order valence-electron chi connectivity index (χ0n) is 14.7. The number of hydrogen-bond donors (Lipinski definition) is 1. The fraction of sp³-hybridized carbons (Fsp3) is 0.312. The van der Waals surface area contributed by atoms with Crippen LogP contribution in [0.2, 0.25) is 0 Å². The molecule has 3 heterocycles. The van der Waals surface area contributed by atoms with Crippen LogP contribution in [0.3, 0.4) is 0 Å². The Morgan fingerprint density at radius 2 is 1.92 bits per heavy atom. The van der Waals surface area contributed by atoms with Crippen molar-refractivity contribution in [3.05, 3.63) is 40.4 Å². The third kappa shape index (κ3) is 3.03. The number of nitrogens with zero attached hydrogens (tertiary/aromatic N) is 3. The van der Waals surface area contributed by atoms with Gasteiger partial charge in [-0.1, -0.05) is 0 Å². The molecule has 0 amide bonds. The van der Waals surface area contributed by atoms with Crippen molar-refractivity contribution in [1.82, 2.24) is 15.0 Å². The molecule has 0 saturated heterocycles. The SMILES string of the molecule is COc1ccc2[nH]c(S(=O)(=O)Cc3c(C)c(OC)c(C)c[n+]3[O-])nc2n1. The summed E-state index contributed by atoms with van der Waals surface area (Å²) in [7, 11) is -0.971. The largest absolute Gasteiger partial charge is 0.618 e. The van der Waals surface area contributed by atoms with Crippen molar-refractivity contribution in [3.63, 3.8) is 0 Å². The molecule has 26 heavy (non-hydrogen) atoms. The van der Waals surface area contributed by atoms with E-state index in [4.69, 9.17) is 9.47 Å². The van der Waals surface area contributed by atoms with Gasteiger partial charge < -0.3 is 19.7 Å². The fourth-order valence-electron chi connectivity index (χ4n) is 2.75. The zero-order chi connectivity index (χ0) is 19.1. The second-order valence-corrected chi connectivity index (χ2v) is 7.67. The van der Waals surface area contributed by atoms with Gasteiger partial charge in [-0.2, -0.15) is 14.7 Å². The first-order chi connectivity index (χ1) is 12.3. The van der Waals surface area contributed by atoms with E-state index in [-0.39, 0.29) is 16.5 Å². The number of ether oxygens (including phenoxy) is 2. The summed E-state index contributed by atoms with van der Waals surface area (Å²) >= 11 is 0. The second kappa shape index (κ2) is 6.45. The van der Waals surface area contributed by atoms with Gasteiger partial charge in [-0.25, -0.2) is 8.42 Å². The van der Waals surface area contributed by atoms with Gasteiger partial charge in [0, 0.05) is 6.07 Å². The predicted octanol–water partition coefficient (Wildman–Crippen LogP) is 1.20. The molecular weight excluding hydrogens is 360 g/mol. The number of methoxy groups -OCH3 is 2. The molecule has 0 atom stereocenters. The van der Waals surface area contributed by atoms with Gasteiger partial charge in [0.1, 0.15) is 11.5 Å². The Labute approximate surface area is 150 Å². The number of rotatable bonds is 5. The molecule has 138 valence electrons. The highest BCUT2D eigenvalue weighted by molar-refractivity contribution is 7.90. The summed E-state index contributed by atoms with van der Waals surface area (Å²) < 4.78 is 36.4. The standard InChI is InChI=1S/C16H18N4O5S/c1-9-7-20(21)12(10(2)14(9)25-4)8-26(22,23)16-17-11-5-6-13(24-3)18-15(11)19-16/h5-7H,8H2,1-4H3,(H,17,18,19). The van der Waals surface area contributed by atoms with Gasteiger partial charge in [0.2, 0.25) is 26.6 Å². The van der Waals surface area contributed by atoms with E-state index in [0.717, 1.165) is 0 Å². The summed E-state index contributed by atoms with van der Waals surface area (Å²) in [6, 6.07) is 3.22. The molecule has 0 radical (unpaired) electrons. The molecule has 3 aromatic rings. The van der Waals surface area contributed by atoms with Crippen LogP contribution in [0.5, 0.6) is 11.6 Å². The van der Waals surface area contributed by atoms with Crippen molar-refractivity contribution in [1.29, 1.82) is 0 Å². The minimum Gasteiger partial charge on any atom is -0.618 e. The van der Waals surface area contributed by atoms with Gasteiger partial charge >= 0.3 is 0 Å². The Morgan fingerprint density at radius 3 is 2.58 bits per heavy atom. The molecule has 3 aromatic heterocycles. The fourth-order valence-corrected chi connectivity index (χ4v) is 4.08. The third-order valence-corrected chi connectivity index (χ3v) is 5.48. The molecule has 0 aliphatic carbocycles. The highest BCUT2D eigenvalue weighted by Gasteiger charge is 2.28. The second-order valence-electron chi connectivity index (χ2n) is 5.77. The van der Waals surface area contributed by atoms with Gasteiger partial charge in [0.25, 0.3) is 0 Å². The normalized spacial score (nSPS) is 11.7. The van der Waals surface area contributed by atoms with Crippen LogP contribution in [0.15, 0.2) is 23.5 Å². The molecule has 9 nitrogen and oxygen atoms in total. The van der Waals surface area contributed by atoms with Gasteiger partial charge in [0.15, 0.2) is 11.8 Å². The van der Waals surface area contributed by atoms with Gasteiger partial charge in [-0.05, 0) is 19.9 Å². The Kier molecular flexibility index (Phi) is 4.45. The molecule has 0 fully saturated rings. The summed E-state index contributed by atoms with van der Waals surface area (Å²) in [5.74, 6) is 0.290. The van der Waals surface area contributed by atoms with Crippen LogP contribution in [0.1, 0.15) is 16.8 Å². The maximum absolute atomic E-state index is 12.8. The summed E-state index contributed by atoms with van der Waals surface area (Å²) in [6.45, 7) is 3.37. The topological polar surface area (TPSA) is 121 Å². The van der Waals surface area contributed by atoms with Crippen LogP contribution in [0.4, 0.5) is 0 Å². The van der Waals surface area contributed by atoms with Crippen molar-refractivity contribution in [2.45, 2.75) is 24.8 Å². The lowest BCUT2D eigenvalue weighted by atomic mass is 10.1. The van der Waals surface area contributed by atoms with Crippen molar-refractivity contribution in [3.8, 4) is 11.6 Å². The first-order valence-electron chi connectivity index (χ1n) is 7.66. The number of imidazole rings is 1. The molecule has 0 aliphatic rings. The molecule has 1 N–H and O–H groups in total. The van der Waals surface area contributed by atoms with E-state index in [0.29, 0.717) is 33.0 Å². The lowest BCUT2D eigenvalue weighted by Gasteiger charge is -2.13. The lowest BCUT2D eigenvalue weighted by molar-refractivity contribution is -0.613. The smallest absolute Gasteiger partial charge is 0.228 e. The van der Waals surface area contributed by atoms with E-state index in [1.807, 2.05) is 0 Å². The summed E-state index contributed by atoms with van der Waals surface area (Å²) in [6.07, 6.45) is 1.29. The minimum absolute atomic E-state index is 0.0819. The average molecular weight is 378 g/mol. The van der Waals surface area contributed by atoms with E-state index in [2.05, 4.69) is 15.0 Å². The van der Waals surface area contributed by atoms with E-state index in [1.165, 1.54) is 20.4 Å². The molecular formula is C16H18N4O5S. The zero-order valence-corrected chi connectivity index (χ0v) is 15.5. The van der Waals surface area contributed by atoms with E-state index in [9.17, 15) is 13.6 Å². The molecule has 0 aliphatic heterocycles. The summed E-state index contributed by atoms with van der Waals surface area (Å²) in [5, 5.41) is 12.0. The minimum atomic E-state index is -3.90. The third-order valence-electron chi connectivity index (χ3n) is 4.04. The molecule has 0 spiro atoms. The first-order valence-corrected chi connectivity index (χ1v) is 9.31. The van der Waals surface area contributed by atoms with Gasteiger partial charge in [0.05, 0.1) is 30.9 Å². The molecule has 0 unspecified atom stereocenters. The van der Waals surface area contributed by atoms with E-state index in [1.54, 1.807) is 26.0 Å². The van der Waals surface area contributed by atoms with Crippen molar-refractivity contribution >= 4 is 21.0 Å². The number of sulfone groups is 1. The van der Waals surface area contributed by atoms with Crippen molar-refractivity contribution in [2.24, 2.45) is 0 Å². The summed E-state index contributed by atoms with van der Waals surface area (Å²) in [5.41, 5.74) is 1.86. The molecule has 3 rings (SSSR count). The quantitative estimate of drug-likeness (QED) is 0.523. The van der Waals surface area contributed by atoms with Crippen LogP contribution in [-0.2, 0) is 15.6 Å². The van der Waals surface area contributed by atoms with E-state index >= 15 is 0 Å². The Bertz CT molecular complexity index is 1090. The number of nitrogens with one attached hydrogen (secondary N) is 1. The Balaban J connectivity index is 2.05. The first kappa shape index (κ1) is 17.9. The van der Waals surface area contributed by atoms with Gasteiger partial charge in [-0.3, -0.25) is 0 Å². The summed E-state index contributed by atoms with van der Waals surface area (Å²) in [4.78, 5) is 10.9. The highest BCUT2D eigenvalue weighted by Crippen LogP contribution is 2.26. The molecule has 10 heteroatoms. The average Bonchev–Trinajstić information content (AvgIpc) is 3.03. The van der Waals surface area contributed by atoms with Crippen molar-refractivity contribution < 1.29 is 22.6 Å². The lowest BCUT2D eigenvalue weighted by Crippen LogP contribution is -2.35. The number of aryl methyl sites for hydroxylation is 1. The van der Waals surface area contributed by atoms with Crippen LogP contribution < -0.4 is 14.2 Å². The number of H-pyrrole nitrogens is 1. The maximum atomic E-state index is 12.8. The number of aromatic nitrogens is 4. The predicted molar refractivity (Wildman–Crippen MR) is 92.8 cm³/mol. The Morgan fingerprint density at radius 1 is 1.19 bits per heavy atom. The van der Waals surface area contributed by atoms with Crippen LogP contribution >= 0.6 is 0 Å². The molecule has 0 saturated carbocycles. The molecule has 0 bridgehead atoms. The van der Waals surface area contributed by atoms with Crippen LogP contribution in [0.25, 0.3) is 11.2 Å². The monoisotopic (exact) mass is 378 g/mol. The van der Waals surface area contributed by atoms with Gasteiger partial charge in [-0.15, -0.1) is 0 Å². The highest BCUT2D eigenvalue weighted by atomic mass is 32.2. The number of hydrogen-bond acceptors (Lipinski definition) is 7. The number of fused-ring (bicyclic) bond motifs is 1.